The third-order valence-electron chi connectivity index (χ3n) is 3.78. The van der Waals surface area contributed by atoms with Crippen molar-refractivity contribution in [3.8, 4) is 0 Å². The Bertz CT molecular complexity index is 269. The lowest BCUT2D eigenvalue weighted by Gasteiger charge is -2.32. The molecule has 1 saturated heterocycles. The molecule has 0 aromatic heterocycles. The molecule has 0 aromatic rings. The Morgan fingerprint density at radius 2 is 2.22 bits per heavy atom. The van der Waals surface area contributed by atoms with Crippen molar-refractivity contribution in [3.63, 3.8) is 0 Å². The number of methoxy groups -OCH3 is 1. The van der Waals surface area contributed by atoms with Gasteiger partial charge in [-0.05, 0) is 52.1 Å². The number of likely N-dealkylation sites (tertiary alicyclic amines) is 1. The minimum atomic E-state index is -0.864. The summed E-state index contributed by atoms with van der Waals surface area (Å²) in [6.07, 6.45) is 5.39. The Morgan fingerprint density at radius 3 is 2.83 bits per heavy atom. The van der Waals surface area contributed by atoms with Crippen LogP contribution in [-0.2, 0) is 9.53 Å². The predicted octanol–water partition coefficient (Wildman–Crippen LogP) is 0.470. The standard InChI is InChI=1S/C13H27N3O2/c1-13(15,12(14)17)7-3-4-8-16-9-5-6-11(10-16)18-2/h11H,3-10,15H2,1-2H3,(H2,14,17). The zero-order chi connectivity index (χ0) is 13.6. The van der Waals surface area contributed by atoms with Gasteiger partial charge in [-0.2, -0.15) is 0 Å². The second kappa shape index (κ2) is 7.07. The van der Waals surface area contributed by atoms with E-state index in [1.54, 1.807) is 14.0 Å². The summed E-state index contributed by atoms with van der Waals surface area (Å²) in [5.74, 6) is -0.417. The van der Waals surface area contributed by atoms with E-state index in [4.69, 9.17) is 16.2 Å². The first-order valence-electron chi connectivity index (χ1n) is 6.79. The van der Waals surface area contributed by atoms with Crippen LogP contribution >= 0.6 is 0 Å². The highest BCUT2D eigenvalue weighted by Gasteiger charge is 2.25. The second-order valence-electron chi connectivity index (χ2n) is 5.54. The first-order valence-corrected chi connectivity index (χ1v) is 6.79. The highest BCUT2D eigenvalue weighted by atomic mass is 16.5. The molecule has 0 spiro atoms. The van der Waals surface area contributed by atoms with E-state index in [-0.39, 0.29) is 0 Å². The topological polar surface area (TPSA) is 81.6 Å². The number of hydrogen-bond donors (Lipinski definition) is 2. The van der Waals surface area contributed by atoms with Gasteiger partial charge in [0.2, 0.25) is 5.91 Å². The van der Waals surface area contributed by atoms with Crippen LogP contribution in [0.1, 0.15) is 39.0 Å². The molecular weight excluding hydrogens is 230 g/mol. The van der Waals surface area contributed by atoms with Gasteiger partial charge in [-0.3, -0.25) is 4.79 Å². The normalized spacial score (nSPS) is 24.7. The van der Waals surface area contributed by atoms with E-state index in [1.807, 2.05) is 0 Å². The van der Waals surface area contributed by atoms with Crippen LogP contribution in [0.4, 0.5) is 0 Å². The first kappa shape index (κ1) is 15.4. The molecule has 1 aliphatic heterocycles. The fraction of sp³-hybridized carbons (Fsp3) is 0.923. The zero-order valence-electron chi connectivity index (χ0n) is 11.7. The quantitative estimate of drug-likeness (QED) is 0.650. The molecule has 2 atom stereocenters. The lowest BCUT2D eigenvalue weighted by molar-refractivity contribution is -0.122. The Balaban J connectivity index is 2.16. The van der Waals surface area contributed by atoms with E-state index in [0.29, 0.717) is 12.5 Å². The summed E-state index contributed by atoms with van der Waals surface area (Å²) in [7, 11) is 1.78. The van der Waals surface area contributed by atoms with Crippen molar-refractivity contribution in [3.05, 3.63) is 0 Å². The maximum absolute atomic E-state index is 11.1. The van der Waals surface area contributed by atoms with Gasteiger partial charge in [0, 0.05) is 13.7 Å². The number of nitrogens with zero attached hydrogens (tertiary/aromatic N) is 1. The SMILES string of the molecule is COC1CCCN(CCCCC(C)(N)C(N)=O)C1. The Hall–Kier alpha value is -0.650. The molecule has 18 heavy (non-hydrogen) atoms. The number of carbonyl (C=O) groups is 1. The summed E-state index contributed by atoms with van der Waals surface area (Å²) in [4.78, 5) is 13.5. The summed E-state index contributed by atoms with van der Waals surface area (Å²) in [5, 5.41) is 0. The molecule has 1 rings (SSSR count). The van der Waals surface area contributed by atoms with Crippen LogP contribution in [0.25, 0.3) is 0 Å². The Morgan fingerprint density at radius 1 is 1.50 bits per heavy atom. The van der Waals surface area contributed by atoms with Gasteiger partial charge in [-0.15, -0.1) is 0 Å². The number of nitrogens with two attached hydrogens (primary N) is 2. The molecule has 0 aromatic carbocycles. The monoisotopic (exact) mass is 257 g/mol. The van der Waals surface area contributed by atoms with Gasteiger partial charge in [-0.1, -0.05) is 0 Å². The zero-order valence-corrected chi connectivity index (χ0v) is 11.7. The van der Waals surface area contributed by atoms with E-state index in [2.05, 4.69) is 4.90 Å². The van der Waals surface area contributed by atoms with E-state index >= 15 is 0 Å². The molecule has 1 heterocycles. The van der Waals surface area contributed by atoms with Crippen molar-refractivity contribution in [2.24, 2.45) is 11.5 Å². The van der Waals surface area contributed by atoms with Crippen LogP contribution < -0.4 is 11.5 Å². The van der Waals surface area contributed by atoms with Gasteiger partial charge >= 0.3 is 0 Å². The van der Waals surface area contributed by atoms with Gasteiger partial charge in [0.05, 0.1) is 11.6 Å². The highest BCUT2D eigenvalue weighted by Crippen LogP contribution is 2.15. The lowest BCUT2D eigenvalue weighted by Crippen LogP contribution is -2.49. The molecule has 1 fully saturated rings. The second-order valence-corrected chi connectivity index (χ2v) is 5.54. The van der Waals surface area contributed by atoms with Crippen LogP contribution in [0.15, 0.2) is 0 Å². The Labute approximate surface area is 110 Å². The number of hydrogen-bond acceptors (Lipinski definition) is 4. The maximum Gasteiger partial charge on any atom is 0.237 e. The molecule has 1 aliphatic rings. The summed E-state index contributed by atoms with van der Waals surface area (Å²) in [6.45, 7) is 4.92. The van der Waals surface area contributed by atoms with E-state index in [9.17, 15) is 4.79 Å². The number of carbonyl (C=O) groups excluding carboxylic acids is 1. The van der Waals surface area contributed by atoms with E-state index in [1.165, 1.54) is 6.42 Å². The molecule has 1 amide bonds. The van der Waals surface area contributed by atoms with Crippen LogP contribution in [-0.4, -0.2) is 49.2 Å². The minimum Gasteiger partial charge on any atom is -0.380 e. The molecule has 0 saturated carbocycles. The largest absolute Gasteiger partial charge is 0.380 e. The van der Waals surface area contributed by atoms with Crippen molar-refractivity contribution in [1.82, 2.24) is 4.90 Å². The molecular formula is C13H27N3O2. The highest BCUT2D eigenvalue weighted by molar-refractivity contribution is 5.83. The minimum absolute atomic E-state index is 0.379. The van der Waals surface area contributed by atoms with Crippen molar-refractivity contribution >= 4 is 5.91 Å². The number of rotatable bonds is 7. The smallest absolute Gasteiger partial charge is 0.237 e. The van der Waals surface area contributed by atoms with Crippen LogP contribution in [0, 0.1) is 0 Å². The number of piperidine rings is 1. The van der Waals surface area contributed by atoms with E-state index in [0.717, 1.165) is 38.9 Å². The van der Waals surface area contributed by atoms with E-state index < -0.39 is 11.4 Å². The summed E-state index contributed by atoms with van der Waals surface area (Å²) in [5.41, 5.74) is 10.2. The van der Waals surface area contributed by atoms with Crippen LogP contribution in [0.3, 0.4) is 0 Å². The van der Waals surface area contributed by atoms with Crippen molar-refractivity contribution in [1.29, 1.82) is 0 Å². The third kappa shape index (κ3) is 4.92. The summed E-state index contributed by atoms with van der Waals surface area (Å²) < 4.78 is 5.39. The van der Waals surface area contributed by atoms with Crippen molar-refractivity contribution in [2.45, 2.75) is 50.7 Å². The molecule has 0 radical (unpaired) electrons. The maximum atomic E-state index is 11.1. The number of unbranched alkanes of at least 4 members (excludes halogenated alkanes) is 1. The lowest BCUT2D eigenvalue weighted by atomic mass is 9.95. The van der Waals surface area contributed by atoms with Gasteiger partial charge in [-0.25, -0.2) is 0 Å². The van der Waals surface area contributed by atoms with Gasteiger partial charge < -0.3 is 21.1 Å². The summed E-state index contributed by atoms with van der Waals surface area (Å²) >= 11 is 0. The number of primary amides is 1. The fourth-order valence-corrected chi connectivity index (χ4v) is 2.36. The average molecular weight is 257 g/mol. The molecule has 5 heteroatoms. The first-order chi connectivity index (χ1) is 8.45. The van der Waals surface area contributed by atoms with Gasteiger partial charge in [0.25, 0.3) is 0 Å². The molecule has 4 N–H and O–H groups in total. The molecule has 0 aliphatic carbocycles. The van der Waals surface area contributed by atoms with Crippen LogP contribution in [0.5, 0.6) is 0 Å². The summed E-state index contributed by atoms with van der Waals surface area (Å²) in [6, 6.07) is 0. The Kier molecular flexibility index (Phi) is 6.05. The predicted molar refractivity (Wildman–Crippen MR) is 72.1 cm³/mol. The molecule has 5 nitrogen and oxygen atoms in total. The average Bonchev–Trinajstić information content (AvgIpc) is 2.35. The van der Waals surface area contributed by atoms with Gasteiger partial charge in [0.1, 0.15) is 0 Å². The van der Waals surface area contributed by atoms with Gasteiger partial charge in [0.15, 0.2) is 0 Å². The number of ether oxygens (including phenoxy) is 1. The molecule has 2 unspecified atom stereocenters. The third-order valence-corrected chi connectivity index (χ3v) is 3.78. The van der Waals surface area contributed by atoms with Crippen LogP contribution in [0.2, 0.25) is 0 Å². The molecule has 0 bridgehead atoms. The molecule has 106 valence electrons. The fourth-order valence-electron chi connectivity index (χ4n) is 2.36. The van der Waals surface area contributed by atoms with Crippen molar-refractivity contribution in [2.75, 3.05) is 26.7 Å². The number of amides is 1. The van der Waals surface area contributed by atoms with Crippen molar-refractivity contribution < 1.29 is 9.53 Å².